The van der Waals surface area contributed by atoms with Gasteiger partial charge in [-0.1, -0.05) is 6.92 Å². The van der Waals surface area contributed by atoms with Gasteiger partial charge >= 0.3 is 0 Å². The second kappa shape index (κ2) is 3.06. The fourth-order valence-corrected chi connectivity index (χ4v) is 0.768. The Bertz CT molecular complexity index is 207. The maximum absolute atomic E-state index is 5.72. The molecule has 0 aliphatic rings. The summed E-state index contributed by atoms with van der Waals surface area (Å²) in [7, 11) is 0. The topological polar surface area (TPSA) is 26.0 Å². The van der Waals surface area contributed by atoms with E-state index in [0.29, 0.717) is 5.89 Å². The highest BCUT2D eigenvalue weighted by Gasteiger charge is 2.07. The lowest BCUT2D eigenvalue weighted by molar-refractivity contribution is 0.496. The third-order valence-electron chi connectivity index (χ3n) is 1.27. The molecule has 1 atom stereocenters. The van der Waals surface area contributed by atoms with E-state index in [1.807, 2.05) is 13.8 Å². The Kier molecular flexibility index (Phi) is 2.33. The van der Waals surface area contributed by atoms with Crippen LogP contribution in [0.5, 0.6) is 0 Å². The number of rotatable bonds is 2. The highest BCUT2D eigenvalue weighted by molar-refractivity contribution is 6.20. The Balaban J connectivity index is 2.78. The van der Waals surface area contributed by atoms with Gasteiger partial charge in [-0.25, -0.2) is 4.98 Å². The largest absolute Gasteiger partial charge is 0.447 e. The molecule has 0 fully saturated rings. The van der Waals surface area contributed by atoms with Crippen LogP contribution < -0.4 is 0 Å². The first kappa shape index (κ1) is 7.61. The van der Waals surface area contributed by atoms with Crippen molar-refractivity contribution in [3.05, 3.63) is 17.8 Å². The molecule has 10 heavy (non-hydrogen) atoms. The maximum Gasteiger partial charge on any atom is 0.211 e. The van der Waals surface area contributed by atoms with Crippen molar-refractivity contribution in [2.45, 2.75) is 25.6 Å². The summed E-state index contributed by atoms with van der Waals surface area (Å²) in [6.45, 7) is 3.87. The molecule has 0 spiro atoms. The number of aromatic nitrogens is 1. The highest BCUT2D eigenvalue weighted by Crippen LogP contribution is 2.17. The summed E-state index contributed by atoms with van der Waals surface area (Å²) < 4.78 is 5.07. The number of alkyl halides is 1. The predicted octanol–water partition coefficient (Wildman–Crippen LogP) is 2.54. The molecule has 0 aliphatic carbocycles. The zero-order chi connectivity index (χ0) is 7.56. The fraction of sp³-hybridized carbons (Fsp3) is 0.571. The maximum atomic E-state index is 5.72. The summed E-state index contributed by atoms with van der Waals surface area (Å²) >= 11 is 5.72. The third kappa shape index (κ3) is 1.51. The molecule has 0 aliphatic heterocycles. The van der Waals surface area contributed by atoms with E-state index in [4.69, 9.17) is 16.0 Å². The van der Waals surface area contributed by atoms with E-state index < -0.39 is 0 Å². The van der Waals surface area contributed by atoms with E-state index in [0.717, 1.165) is 12.1 Å². The Morgan fingerprint density at radius 2 is 2.50 bits per heavy atom. The van der Waals surface area contributed by atoms with Gasteiger partial charge in [0.2, 0.25) is 5.89 Å². The summed E-state index contributed by atoms with van der Waals surface area (Å²) in [6, 6.07) is 0. The molecule has 0 aromatic carbocycles. The zero-order valence-electron chi connectivity index (χ0n) is 6.10. The summed E-state index contributed by atoms with van der Waals surface area (Å²) in [5.41, 5.74) is 0.961. The minimum Gasteiger partial charge on any atom is -0.447 e. The van der Waals surface area contributed by atoms with Gasteiger partial charge < -0.3 is 4.42 Å². The van der Waals surface area contributed by atoms with Crippen LogP contribution in [0.4, 0.5) is 0 Å². The molecule has 1 aromatic heterocycles. The number of hydrogen-bond donors (Lipinski definition) is 0. The lowest BCUT2D eigenvalue weighted by Gasteiger charge is -1.91. The van der Waals surface area contributed by atoms with Gasteiger partial charge in [-0.15, -0.1) is 11.6 Å². The normalized spacial score (nSPS) is 13.5. The van der Waals surface area contributed by atoms with Crippen LogP contribution in [-0.4, -0.2) is 4.98 Å². The highest BCUT2D eigenvalue weighted by atomic mass is 35.5. The van der Waals surface area contributed by atoms with Crippen LogP contribution in [-0.2, 0) is 6.42 Å². The SMILES string of the molecule is CCc1coc(C(C)Cl)n1. The van der Waals surface area contributed by atoms with Crippen molar-refractivity contribution < 1.29 is 4.42 Å². The van der Waals surface area contributed by atoms with Gasteiger partial charge in [0, 0.05) is 0 Å². The molecule has 0 saturated heterocycles. The van der Waals surface area contributed by atoms with Crippen molar-refractivity contribution >= 4 is 11.6 Å². The fourth-order valence-electron chi connectivity index (χ4n) is 0.668. The quantitative estimate of drug-likeness (QED) is 0.620. The molecule has 0 N–H and O–H groups in total. The van der Waals surface area contributed by atoms with Gasteiger partial charge in [-0.05, 0) is 13.3 Å². The summed E-state index contributed by atoms with van der Waals surface area (Å²) in [5, 5.41) is -0.125. The first-order valence-electron chi connectivity index (χ1n) is 3.32. The molecule has 0 amide bonds. The average Bonchev–Trinajstić information content (AvgIpc) is 2.34. The van der Waals surface area contributed by atoms with Crippen LogP contribution in [0.3, 0.4) is 0 Å². The zero-order valence-corrected chi connectivity index (χ0v) is 6.85. The van der Waals surface area contributed by atoms with Gasteiger partial charge in [0.25, 0.3) is 0 Å². The number of oxazole rings is 1. The van der Waals surface area contributed by atoms with Gasteiger partial charge in [0.1, 0.15) is 11.6 Å². The monoisotopic (exact) mass is 159 g/mol. The molecule has 2 nitrogen and oxygen atoms in total. The Labute approximate surface area is 65.2 Å². The number of aryl methyl sites for hydroxylation is 1. The summed E-state index contributed by atoms with van der Waals surface area (Å²) in [6.07, 6.45) is 2.54. The number of halogens is 1. The Morgan fingerprint density at radius 3 is 2.80 bits per heavy atom. The van der Waals surface area contributed by atoms with Crippen LogP contribution >= 0.6 is 11.6 Å². The molecule has 1 unspecified atom stereocenters. The van der Waals surface area contributed by atoms with Crippen molar-refractivity contribution in [3.63, 3.8) is 0 Å². The van der Waals surface area contributed by atoms with Gasteiger partial charge in [0.15, 0.2) is 0 Å². The molecule has 1 rings (SSSR count). The molecular weight excluding hydrogens is 150 g/mol. The predicted molar refractivity (Wildman–Crippen MR) is 40.1 cm³/mol. The Morgan fingerprint density at radius 1 is 1.80 bits per heavy atom. The number of hydrogen-bond acceptors (Lipinski definition) is 2. The van der Waals surface area contributed by atoms with Crippen LogP contribution in [0.1, 0.15) is 30.8 Å². The van der Waals surface area contributed by atoms with Crippen LogP contribution in [0.15, 0.2) is 10.7 Å². The molecular formula is C7H10ClNO. The van der Waals surface area contributed by atoms with E-state index in [9.17, 15) is 0 Å². The minimum atomic E-state index is -0.125. The van der Waals surface area contributed by atoms with E-state index >= 15 is 0 Å². The van der Waals surface area contributed by atoms with Gasteiger partial charge in [-0.2, -0.15) is 0 Å². The van der Waals surface area contributed by atoms with Crippen molar-refractivity contribution in [2.24, 2.45) is 0 Å². The smallest absolute Gasteiger partial charge is 0.211 e. The van der Waals surface area contributed by atoms with E-state index in [-0.39, 0.29) is 5.38 Å². The molecule has 0 radical (unpaired) electrons. The van der Waals surface area contributed by atoms with Crippen molar-refractivity contribution in [2.75, 3.05) is 0 Å². The standard InChI is InChI=1S/C7H10ClNO/c1-3-6-4-10-7(9-6)5(2)8/h4-5H,3H2,1-2H3. The third-order valence-corrected chi connectivity index (χ3v) is 1.46. The van der Waals surface area contributed by atoms with Gasteiger partial charge in [0.05, 0.1) is 5.69 Å². The van der Waals surface area contributed by atoms with Crippen molar-refractivity contribution in [3.8, 4) is 0 Å². The van der Waals surface area contributed by atoms with Crippen LogP contribution in [0.2, 0.25) is 0 Å². The molecule has 56 valence electrons. The molecule has 0 saturated carbocycles. The summed E-state index contributed by atoms with van der Waals surface area (Å²) in [4.78, 5) is 4.13. The van der Waals surface area contributed by atoms with E-state index in [1.54, 1.807) is 6.26 Å². The molecule has 3 heteroatoms. The first-order chi connectivity index (χ1) is 4.74. The van der Waals surface area contributed by atoms with Gasteiger partial charge in [-0.3, -0.25) is 0 Å². The second-order valence-corrected chi connectivity index (χ2v) is 2.80. The average molecular weight is 160 g/mol. The van der Waals surface area contributed by atoms with E-state index in [2.05, 4.69) is 4.98 Å². The first-order valence-corrected chi connectivity index (χ1v) is 3.76. The second-order valence-electron chi connectivity index (χ2n) is 2.15. The lowest BCUT2D eigenvalue weighted by Crippen LogP contribution is -1.84. The van der Waals surface area contributed by atoms with Crippen LogP contribution in [0.25, 0.3) is 0 Å². The minimum absolute atomic E-state index is 0.125. The van der Waals surface area contributed by atoms with Crippen molar-refractivity contribution in [1.29, 1.82) is 0 Å². The van der Waals surface area contributed by atoms with Crippen LogP contribution in [0, 0.1) is 0 Å². The summed E-state index contributed by atoms with van der Waals surface area (Å²) in [5.74, 6) is 0.610. The lowest BCUT2D eigenvalue weighted by atomic mass is 10.4. The van der Waals surface area contributed by atoms with E-state index in [1.165, 1.54) is 0 Å². The van der Waals surface area contributed by atoms with Crippen molar-refractivity contribution in [1.82, 2.24) is 4.98 Å². The number of nitrogens with zero attached hydrogens (tertiary/aromatic N) is 1. The molecule has 0 bridgehead atoms. The Hall–Kier alpha value is -0.500. The molecule has 1 aromatic rings. The molecule has 1 heterocycles.